The molecular weight excluding hydrogens is 207 g/mol. The van der Waals surface area contributed by atoms with Crippen LogP contribution in [0.4, 0.5) is 4.39 Å². The lowest BCUT2D eigenvalue weighted by molar-refractivity contribution is 0.103. The van der Waals surface area contributed by atoms with Crippen LogP contribution in [-0.4, -0.2) is 15.8 Å². The fraction of sp³-hybridized carbons (Fsp3) is 0.0833. The van der Waals surface area contributed by atoms with E-state index in [2.05, 4.69) is 9.97 Å². The number of rotatable bonds is 2. The van der Waals surface area contributed by atoms with E-state index in [4.69, 9.17) is 0 Å². The Kier molecular flexibility index (Phi) is 2.72. The number of halogens is 1. The SMILES string of the molecule is Cc1ccc(C(=O)c2cncnc2)c(F)c1. The van der Waals surface area contributed by atoms with Gasteiger partial charge < -0.3 is 0 Å². The van der Waals surface area contributed by atoms with Crippen molar-refractivity contribution in [3.63, 3.8) is 0 Å². The van der Waals surface area contributed by atoms with Crippen LogP contribution in [0.25, 0.3) is 0 Å². The quantitative estimate of drug-likeness (QED) is 0.722. The molecule has 0 radical (unpaired) electrons. The maximum atomic E-state index is 13.5. The molecule has 0 aliphatic carbocycles. The molecule has 0 aliphatic rings. The molecule has 0 amide bonds. The summed E-state index contributed by atoms with van der Waals surface area (Å²) in [7, 11) is 0. The number of nitrogens with zero attached hydrogens (tertiary/aromatic N) is 2. The van der Waals surface area contributed by atoms with E-state index in [0.29, 0.717) is 0 Å². The van der Waals surface area contributed by atoms with Crippen molar-refractivity contribution in [2.75, 3.05) is 0 Å². The first-order chi connectivity index (χ1) is 7.68. The van der Waals surface area contributed by atoms with Crippen LogP contribution in [-0.2, 0) is 0 Å². The maximum absolute atomic E-state index is 13.5. The van der Waals surface area contributed by atoms with E-state index in [0.717, 1.165) is 5.56 Å². The number of carbonyl (C=O) groups excluding carboxylic acids is 1. The Morgan fingerprint density at radius 3 is 2.56 bits per heavy atom. The largest absolute Gasteiger partial charge is 0.288 e. The summed E-state index contributed by atoms with van der Waals surface area (Å²) < 4.78 is 13.5. The van der Waals surface area contributed by atoms with Gasteiger partial charge in [-0.3, -0.25) is 4.79 Å². The summed E-state index contributed by atoms with van der Waals surface area (Å²) in [6.07, 6.45) is 4.06. The monoisotopic (exact) mass is 216 g/mol. The third-order valence-corrected chi connectivity index (χ3v) is 2.19. The molecule has 0 saturated heterocycles. The summed E-state index contributed by atoms with van der Waals surface area (Å²) in [6, 6.07) is 4.50. The fourth-order valence-corrected chi connectivity index (χ4v) is 1.38. The summed E-state index contributed by atoms with van der Waals surface area (Å²) in [5.41, 5.74) is 1.10. The van der Waals surface area contributed by atoms with Crippen molar-refractivity contribution >= 4 is 5.78 Å². The molecule has 2 rings (SSSR count). The number of carbonyl (C=O) groups is 1. The second-order valence-electron chi connectivity index (χ2n) is 3.44. The van der Waals surface area contributed by atoms with Crippen molar-refractivity contribution in [2.24, 2.45) is 0 Å². The first-order valence-electron chi connectivity index (χ1n) is 4.74. The number of benzene rings is 1. The van der Waals surface area contributed by atoms with Gasteiger partial charge in [0, 0.05) is 12.4 Å². The predicted molar refractivity (Wildman–Crippen MR) is 56.6 cm³/mol. The Morgan fingerprint density at radius 2 is 1.94 bits per heavy atom. The van der Waals surface area contributed by atoms with Gasteiger partial charge in [-0.25, -0.2) is 14.4 Å². The van der Waals surface area contributed by atoms with Gasteiger partial charge in [0.1, 0.15) is 12.1 Å². The van der Waals surface area contributed by atoms with E-state index in [1.165, 1.54) is 30.9 Å². The van der Waals surface area contributed by atoms with Crippen LogP contribution in [0.3, 0.4) is 0 Å². The van der Waals surface area contributed by atoms with Gasteiger partial charge >= 0.3 is 0 Å². The summed E-state index contributed by atoms with van der Waals surface area (Å²) >= 11 is 0. The average Bonchev–Trinajstić information content (AvgIpc) is 2.29. The van der Waals surface area contributed by atoms with Gasteiger partial charge in [-0.2, -0.15) is 0 Å². The zero-order valence-electron chi connectivity index (χ0n) is 8.64. The Labute approximate surface area is 92.0 Å². The van der Waals surface area contributed by atoms with Crippen LogP contribution in [0.5, 0.6) is 0 Å². The van der Waals surface area contributed by atoms with Gasteiger partial charge in [0.25, 0.3) is 0 Å². The molecule has 0 bridgehead atoms. The first-order valence-corrected chi connectivity index (χ1v) is 4.74. The minimum Gasteiger partial charge on any atom is -0.288 e. The lowest BCUT2D eigenvalue weighted by Crippen LogP contribution is -2.05. The summed E-state index contributed by atoms with van der Waals surface area (Å²) in [5, 5.41) is 0. The van der Waals surface area contributed by atoms with Gasteiger partial charge in [0.2, 0.25) is 0 Å². The summed E-state index contributed by atoms with van der Waals surface area (Å²) in [5.74, 6) is -0.924. The molecule has 0 N–H and O–H groups in total. The Bertz CT molecular complexity index is 526. The molecule has 4 heteroatoms. The normalized spacial score (nSPS) is 10.1. The molecule has 16 heavy (non-hydrogen) atoms. The molecule has 1 heterocycles. The highest BCUT2D eigenvalue weighted by Gasteiger charge is 2.13. The lowest BCUT2D eigenvalue weighted by atomic mass is 10.0. The number of aryl methyl sites for hydroxylation is 1. The molecule has 80 valence electrons. The van der Waals surface area contributed by atoms with Crippen molar-refractivity contribution in [1.82, 2.24) is 9.97 Å². The Balaban J connectivity index is 2.42. The predicted octanol–water partition coefficient (Wildman–Crippen LogP) is 2.16. The van der Waals surface area contributed by atoms with Gasteiger partial charge in [0.05, 0.1) is 11.1 Å². The van der Waals surface area contributed by atoms with Crippen molar-refractivity contribution in [3.05, 3.63) is 59.4 Å². The topological polar surface area (TPSA) is 42.9 Å². The minimum atomic E-state index is -0.520. The van der Waals surface area contributed by atoms with Gasteiger partial charge in [-0.05, 0) is 24.6 Å². The molecular formula is C12H9FN2O. The number of ketones is 1. The molecule has 1 aromatic carbocycles. The molecule has 3 nitrogen and oxygen atoms in total. The molecule has 0 fully saturated rings. The van der Waals surface area contributed by atoms with Crippen LogP contribution in [0.15, 0.2) is 36.9 Å². The average molecular weight is 216 g/mol. The molecule has 0 saturated carbocycles. The summed E-state index contributed by atoms with van der Waals surface area (Å²) in [6.45, 7) is 1.77. The zero-order chi connectivity index (χ0) is 11.5. The highest BCUT2D eigenvalue weighted by molar-refractivity contribution is 6.08. The second-order valence-corrected chi connectivity index (χ2v) is 3.44. The van der Waals surface area contributed by atoms with Gasteiger partial charge in [-0.15, -0.1) is 0 Å². The van der Waals surface area contributed by atoms with E-state index in [9.17, 15) is 9.18 Å². The molecule has 0 atom stereocenters. The zero-order valence-corrected chi connectivity index (χ0v) is 8.64. The van der Waals surface area contributed by atoms with E-state index < -0.39 is 11.6 Å². The molecule has 0 aliphatic heterocycles. The number of aromatic nitrogens is 2. The highest BCUT2D eigenvalue weighted by Crippen LogP contribution is 2.13. The van der Waals surface area contributed by atoms with Crippen LogP contribution in [0.2, 0.25) is 0 Å². The maximum Gasteiger partial charge on any atom is 0.199 e. The molecule has 2 aromatic rings. The molecule has 0 spiro atoms. The van der Waals surface area contributed by atoms with Crippen molar-refractivity contribution < 1.29 is 9.18 Å². The number of hydrogen-bond acceptors (Lipinski definition) is 3. The standard InChI is InChI=1S/C12H9FN2O/c1-8-2-3-10(11(13)4-8)12(16)9-5-14-7-15-6-9/h2-7H,1H3. The van der Waals surface area contributed by atoms with Crippen molar-refractivity contribution in [2.45, 2.75) is 6.92 Å². The van der Waals surface area contributed by atoms with Crippen LogP contribution >= 0.6 is 0 Å². The Hall–Kier alpha value is -2.10. The third kappa shape index (κ3) is 1.95. The van der Waals surface area contributed by atoms with Gasteiger partial charge in [0.15, 0.2) is 5.78 Å². The minimum absolute atomic E-state index is 0.0420. The fourth-order valence-electron chi connectivity index (χ4n) is 1.38. The second kappa shape index (κ2) is 4.18. The molecule has 1 aromatic heterocycles. The van der Waals surface area contributed by atoms with Gasteiger partial charge in [-0.1, -0.05) is 6.07 Å². The first kappa shape index (κ1) is 10.4. The van der Waals surface area contributed by atoms with Crippen LogP contribution in [0, 0.1) is 12.7 Å². The van der Waals surface area contributed by atoms with Crippen molar-refractivity contribution in [3.8, 4) is 0 Å². The Morgan fingerprint density at radius 1 is 1.25 bits per heavy atom. The van der Waals surface area contributed by atoms with Crippen molar-refractivity contribution in [1.29, 1.82) is 0 Å². The van der Waals surface area contributed by atoms with E-state index in [1.807, 2.05) is 0 Å². The highest BCUT2D eigenvalue weighted by atomic mass is 19.1. The summed E-state index contributed by atoms with van der Waals surface area (Å²) in [4.78, 5) is 19.3. The molecule has 0 unspecified atom stereocenters. The van der Waals surface area contributed by atoms with E-state index in [-0.39, 0.29) is 11.1 Å². The smallest absolute Gasteiger partial charge is 0.199 e. The number of hydrogen-bond donors (Lipinski definition) is 0. The van der Waals surface area contributed by atoms with Crippen LogP contribution in [0.1, 0.15) is 21.5 Å². The van der Waals surface area contributed by atoms with E-state index >= 15 is 0 Å². The lowest BCUT2D eigenvalue weighted by Gasteiger charge is -2.02. The third-order valence-electron chi connectivity index (χ3n) is 2.19. The van der Waals surface area contributed by atoms with E-state index in [1.54, 1.807) is 13.0 Å². The van der Waals surface area contributed by atoms with Crippen LogP contribution < -0.4 is 0 Å².